The molecule has 0 aliphatic carbocycles. The molecule has 1 fully saturated rings. The van der Waals surface area contributed by atoms with Crippen molar-refractivity contribution in [1.29, 1.82) is 0 Å². The lowest BCUT2D eigenvalue weighted by molar-refractivity contribution is 0.280. The summed E-state index contributed by atoms with van der Waals surface area (Å²) in [6.45, 7) is 4.00. The Morgan fingerprint density at radius 3 is 2.76 bits per heavy atom. The van der Waals surface area contributed by atoms with Crippen LogP contribution in [0.15, 0.2) is 24.3 Å². The Bertz CT molecular complexity index is 549. The van der Waals surface area contributed by atoms with E-state index in [2.05, 4.69) is 10.2 Å². The summed E-state index contributed by atoms with van der Waals surface area (Å²) in [7, 11) is -3.01. The molecule has 4 nitrogen and oxygen atoms in total. The number of nitrogens with one attached hydrogen (secondary N) is 1. The predicted octanol–water partition coefficient (Wildman–Crippen LogP) is 2.56. The van der Waals surface area contributed by atoms with E-state index in [1.54, 1.807) is 18.7 Å². The fourth-order valence-corrected chi connectivity index (χ4v) is 5.54. The highest BCUT2D eigenvalue weighted by atomic mass is 35.5. The number of thioether (sulfide) groups is 1. The summed E-state index contributed by atoms with van der Waals surface area (Å²) in [6, 6.07) is 7.53. The molecule has 1 heterocycles. The summed E-state index contributed by atoms with van der Waals surface area (Å²) in [4.78, 5) is 2.08. The molecule has 1 aromatic rings. The third-order valence-corrected chi connectivity index (χ3v) is 7.16. The van der Waals surface area contributed by atoms with Crippen LogP contribution in [0.4, 0.5) is 5.69 Å². The first-order chi connectivity index (χ1) is 10.0. The van der Waals surface area contributed by atoms with Gasteiger partial charge in [-0.1, -0.05) is 18.5 Å². The molecule has 7 heteroatoms. The van der Waals surface area contributed by atoms with Gasteiger partial charge in [-0.25, -0.2) is 8.42 Å². The number of halogens is 1. The van der Waals surface area contributed by atoms with Crippen LogP contribution in [-0.4, -0.2) is 55.6 Å². The highest BCUT2D eigenvalue weighted by Crippen LogP contribution is 2.21. The molecular weight excluding hydrogens is 328 g/mol. The van der Waals surface area contributed by atoms with Gasteiger partial charge in [-0.15, -0.1) is 0 Å². The van der Waals surface area contributed by atoms with Crippen LogP contribution < -0.4 is 5.32 Å². The van der Waals surface area contributed by atoms with Gasteiger partial charge in [0.25, 0.3) is 0 Å². The normalized spacial score (nSPS) is 20.4. The smallest absolute Gasteiger partial charge is 0.166 e. The van der Waals surface area contributed by atoms with Crippen LogP contribution in [0, 0.1) is 0 Å². The summed E-state index contributed by atoms with van der Waals surface area (Å²) >= 11 is 7.57. The third kappa shape index (κ3) is 4.77. The number of rotatable bonds is 6. The van der Waals surface area contributed by atoms with Crippen LogP contribution in [0.5, 0.6) is 0 Å². The van der Waals surface area contributed by atoms with Gasteiger partial charge in [0, 0.05) is 47.6 Å². The molecule has 1 aliphatic rings. The minimum Gasteiger partial charge on any atom is -0.384 e. The van der Waals surface area contributed by atoms with E-state index in [1.807, 2.05) is 24.3 Å². The first kappa shape index (κ1) is 16.9. The molecule has 2 rings (SSSR count). The van der Waals surface area contributed by atoms with Gasteiger partial charge >= 0.3 is 0 Å². The van der Waals surface area contributed by atoms with Gasteiger partial charge in [0.2, 0.25) is 0 Å². The zero-order valence-corrected chi connectivity index (χ0v) is 14.5. The lowest BCUT2D eigenvalue weighted by Crippen LogP contribution is -2.49. The Balaban J connectivity index is 1.89. The lowest BCUT2D eigenvalue weighted by atomic mass is 10.3. The highest BCUT2D eigenvalue weighted by molar-refractivity contribution is 8.01. The second-order valence-electron chi connectivity index (χ2n) is 4.95. The lowest BCUT2D eigenvalue weighted by Gasteiger charge is -2.34. The van der Waals surface area contributed by atoms with E-state index >= 15 is 0 Å². The Morgan fingerprint density at radius 1 is 1.38 bits per heavy atom. The second kappa shape index (κ2) is 7.72. The van der Waals surface area contributed by atoms with E-state index in [0.29, 0.717) is 10.8 Å². The van der Waals surface area contributed by atoms with Crippen LogP contribution in [0.2, 0.25) is 5.02 Å². The standard InChI is InChI=1S/C14H21ClN2O2S2/c1-2-21(18,19)14-11-20-10-9-17(14)8-7-16-13-5-3-12(15)4-6-13/h3-6,14,16H,2,7-11H2,1H3. The van der Waals surface area contributed by atoms with E-state index in [9.17, 15) is 8.42 Å². The number of hydrogen-bond acceptors (Lipinski definition) is 5. The van der Waals surface area contributed by atoms with Crippen molar-refractivity contribution in [3.05, 3.63) is 29.3 Å². The zero-order chi connectivity index (χ0) is 15.3. The van der Waals surface area contributed by atoms with Gasteiger partial charge < -0.3 is 5.32 Å². The predicted molar refractivity (Wildman–Crippen MR) is 92.1 cm³/mol. The van der Waals surface area contributed by atoms with Crippen molar-refractivity contribution in [1.82, 2.24) is 4.90 Å². The van der Waals surface area contributed by atoms with Crippen LogP contribution >= 0.6 is 23.4 Å². The quantitative estimate of drug-likeness (QED) is 0.856. The molecule has 0 aromatic heterocycles. The monoisotopic (exact) mass is 348 g/mol. The van der Waals surface area contributed by atoms with Gasteiger partial charge in [0.1, 0.15) is 5.37 Å². The van der Waals surface area contributed by atoms with E-state index in [-0.39, 0.29) is 11.1 Å². The highest BCUT2D eigenvalue weighted by Gasteiger charge is 2.32. The topological polar surface area (TPSA) is 49.4 Å². The van der Waals surface area contributed by atoms with E-state index < -0.39 is 9.84 Å². The molecule has 0 amide bonds. The van der Waals surface area contributed by atoms with Crippen molar-refractivity contribution in [3.8, 4) is 0 Å². The molecule has 1 saturated heterocycles. The molecule has 1 unspecified atom stereocenters. The van der Waals surface area contributed by atoms with Crippen LogP contribution in [0.1, 0.15) is 6.92 Å². The molecule has 1 aliphatic heterocycles. The first-order valence-electron chi connectivity index (χ1n) is 7.05. The Kier molecular flexibility index (Phi) is 6.22. The SMILES string of the molecule is CCS(=O)(=O)C1CSCCN1CCNc1ccc(Cl)cc1. The molecule has 1 N–H and O–H groups in total. The molecule has 118 valence electrons. The van der Waals surface area contributed by atoms with E-state index in [1.165, 1.54) is 0 Å². The average Bonchev–Trinajstić information content (AvgIpc) is 2.50. The molecule has 21 heavy (non-hydrogen) atoms. The Hall–Kier alpha value is -0.430. The molecular formula is C14H21ClN2O2S2. The van der Waals surface area contributed by atoms with Crippen LogP contribution in [0.25, 0.3) is 0 Å². The average molecular weight is 349 g/mol. The van der Waals surface area contributed by atoms with Crippen molar-refractivity contribution in [3.63, 3.8) is 0 Å². The van der Waals surface area contributed by atoms with Crippen molar-refractivity contribution >= 4 is 38.9 Å². The van der Waals surface area contributed by atoms with Gasteiger partial charge in [-0.05, 0) is 24.3 Å². The maximum absolute atomic E-state index is 12.1. The van der Waals surface area contributed by atoms with Crippen molar-refractivity contribution in [2.45, 2.75) is 12.3 Å². The summed E-state index contributed by atoms with van der Waals surface area (Å²) < 4.78 is 24.3. The second-order valence-corrected chi connectivity index (χ2v) is 8.98. The van der Waals surface area contributed by atoms with Gasteiger partial charge in [0.05, 0.1) is 0 Å². The summed E-state index contributed by atoms with van der Waals surface area (Å²) in [5, 5.41) is 3.68. The van der Waals surface area contributed by atoms with Crippen LogP contribution in [-0.2, 0) is 9.84 Å². The number of nitrogens with zero attached hydrogens (tertiary/aromatic N) is 1. The van der Waals surface area contributed by atoms with Gasteiger partial charge in [0.15, 0.2) is 9.84 Å². The van der Waals surface area contributed by atoms with Crippen molar-refractivity contribution in [2.24, 2.45) is 0 Å². The summed E-state index contributed by atoms with van der Waals surface area (Å²) in [6.07, 6.45) is 0. The van der Waals surface area contributed by atoms with Gasteiger partial charge in [-0.3, -0.25) is 4.90 Å². The zero-order valence-electron chi connectivity index (χ0n) is 12.1. The van der Waals surface area contributed by atoms with Crippen molar-refractivity contribution < 1.29 is 8.42 Å². The summed E-state index contributed by atoms with van der Waals surface area (Å²) in [5.41, 5.74) is 1.00. The molecule has 1 atom stereocenters. The maximum Gasteiger partial charge on any atom is 0.166 e. The molecule has 0 saturated carbocycles. The fourth-order valence-electron chi connectivity index (χ4n) is 2.31. The van der Waals surface area contributed by atoms with Crippen molar-refractivity contribution in [2.75, 3.05) is 42.2 Å². The first-order valence-corrected chi connectivity index (χ1v) is 10.3. The largest absolute Gasteiger partial charge is 0.384 e. The minimum absolute atomic E-state index is 0.208. The summed E-state index contributed by atoms with van der Waals surface area (Å²) in [5.74, 6) is 1.88. The number of hydrogen-bond donors (Lipinski definition) is 1. The number of benzene rings is 1. The third-order valence-electron chi connectivity index (χ3n) is 3.58. The maximum atomic E-state index is 12.1. The van der Waals surface area contributed by atoms with Crippen LogP contribution in [0.3, 0.4) is 0 Å². The van der Waals surface area contributed by atoms with E-state index in [4.69, 9.17) is 11.6 Å². The number of sulfone groups is 1. The fraction of sp³-hybridized carbons (Fsp3) is 0.571. The van der Waals surface area contributed by atoms with Gasteiger partial charge in [-0.2, -0.15) is 11.8 Å². The molecule has 0 radical (unpaired) electrons. The Morgan fingerprint density at radius 2 is 2.10 bits per heavy atom. The molecule has 0 bridgehead atoms. The molecule has 0 spiro atoms. The molecule has 1 aromatic carbocycles. The number of anilines is 1. The minimum atomic E-state index is -3.01. The van der Waals surface area contributed by atoms with E-state index in [0.717, 1.165) is 31.1 Å². The Labute approximate surface area is 136 Å².